The minimum atomic E-state index is -2.68. The first-order valence-corrected chi connectivity index (χ1v) is 17.8. The number of nitrogens with zero attached hydrogens (tertiary/aromatic N) is 4. The van der Waals surface area contributed by atoms with E-state index in [0.717, 1.165) is 22.5 Å². The third-order valence-electron chi connectivity index (χ3n) is 5.76. The van der Waals surface area contributed by atoms with Crippen molar-refractivity contribution in [2.45, 2.75) is 13.1 Å². The fourth-order valence-corrected chi connectivity index (χ4v) is 6.21. The Kier molecular flexibility index (Phi) is 13.4. The van der Waals surface area contributed by atoms with Gasteiger partial charge in [-0.1, -0.05) is 146 Å². The first kappa shape index (κ1) is 31.6. The Morgan fingerprint density at radius 3 is 1.52 bits per heavy atom. The molecule has 40 heavy (non-hydrogen) atoms. The summed E-state index contributed by atoms with van der Waals surface area (Å²) in [5.41, 5.74) is 3.42. The number of hydrogen-bond donors (Lipinski definition) is 0. The Hall–Kier alpha value is -2.96. The molecule has 0 atom stereocenters. The van der Waals surface area contributed by atoms with Gasteiger partial charge in [-0.25, -0.2) is 0 Å². The van der Waals surface area contributed by atoms with Crippen LogP contribution in [0.1, 0.15) is 11.1 Å². The summed E-state index contributed by atoms with van der Waals surface area (Å²) in [6.07, 6.45) is 10.0. The summed E-state index contributed by atoms with van der Waals surface area (Å²) in [6.45, 7) is 4.23. The van der Waals surface area contributed by atoms with Gasteiger partial charge in [0.1, 0.15) is 0 Å². The van der Waals surface area contributed by atoms with Gasteiger partial charge in [0.2, 0.25) is 0 Å². The molecule has 1 fully saturated rings. The molecule has 4 nitrogen and oxygen atoms in total. The van der Waals surface area contributed by atoms with E-state index in [-0.39, 0.29) is 5.84 Å². The Morgan fingerprint density at radius 1 is 0.650 bits per heavy atom. The molecule has 0 heterocycles. The number of amidine groups is 2. The first-order valence-electron chi connectivity index (χ1n) is 12.8. The summed E-state index contributed by atoms with van der Waals surface area (Å²) in [4.78, 5) is 10.1. The molecule has 1 saturated carbocycles. The van der Waals surface area contributed by atoms with Crippen LogP contribution in [0.3, 0.4) is 0 Å². The van der Waals surface area contributed by atoms with Crippen molar-refractivity contribution in [3.63, 3.8) is 0 Å². The molecule has 1 aliphatic rings. The van der Waals surface area contributed by atoms with Crippen molar-refractivity contribution in [3.05, 3.63) is 175 Å². The molecule has 5 rings (SSSR count). The molecule has 7 heteroatoms. The van der Waals surface area contributed by atoms with Gasteiger partial charge in [0.05, 0.1) is 8.40 Å². The maximum absolute atomic E-state index is 11.4. The zero-order valence-corrected chi connectivity index (χ0v) is 25.9. The molecule has 0 aliphatic heterocycles. The SMILES string of the molecule is C[Si](C)([N-]C(=Nc1ccccc1)c1ccccc1)N(C(=[N-])c1ccccc1)c1ccccc1.[CH]1[CH][CH][CH][CH]1.[Cl][Ti+3]. The molecule has 0 aromatic heterocycles. The van der Waals surface area contributed by atoms with Gasteiger partial charge in [-0.3, -0.25) is 0 Å². The maximum atomic E-state index is 11.4. The number of para-hydroxylation sites is 2. The zero-order chi connectivity index (χ0) is 28.6. The van der Waals surface area contributed by atoms with Crippen LogP contribution < -0.4 is 4.57 Å². The minimum absolute atomic E-state index is 0.189. The molecule has 1 aliphatic carbocycles. The summed E-state index contributed by atoms with van der Waals surface area (Å²) in [5.74, 6) is 0.842. The van der Waals surface area contributed by atoms with Crippen LogP contribution in [0.4, 0.5) is 11.4 Å². The van der Waals surface area contributed by atoms with Crippen molar-refractivity contribution in [1.82, 2.24) is 0 Å². The van der Waals surface area contributed by atoms with Crippen LogP contribution >= 0.6 is 9.30 Å². The van der Waals surface area contributed by atoms with E-state index in [4.69, 9.17) is 9.97 Å². The Morgan fingerprint density at radius 2 is 1.05 bits per heavy atom. The van der Waals surface area contributed by atoms with Gasteiger partial charge in [-0.05, 0) is 54.6 Å². The molecule has 4 aromatic carbocycles. The van der Waals surface area contributed by atoms with E-state index < -0.39 is 8.40 Å². The van der Waals surface area contributed by atoms with Crippen LogP contribution in [0.15, 0.2) is 126 Å². The van der Waals surface area contributed by atoms with E-state index in [0.29, 0.717) is 5.84 Å². The average Bonchev–Trinajstić information content (AvgIpc) is 3.60. The monoisotopic (exact) mass is 594 g/mol. The predicted octanol–water partition coefficient (Wildman–Crippen LogP) is 9.07. The summed E-state index contributed by atoms with van der Waals surface area (Å²) in [5, 5.41) is 11.4. The first-order chi connectivity index (χ1) is 19.5. The number of halogens is 1. The fraction of sp³-hybridized carbons (Fsp3) is 0.0606. The van der Waals surface area contributed by atoms with Crippen LogP contribution in [-0.4, -0.2) is 20.1 Å². The fourth-order valence-electron chi connectivity index (χ4n) is 3.99. The van der Waals surface area contributed by atoms with Crippen LogP contribution in [0.25, 0.3) is 10.4 Å². The molecule has 0 unspecified atom stereocenters. The Balaban J connectivity index is 0.000000558. The number of aliphatic imine (C=N–C) groups is 1. The van der Waals surface area contributed by atoms with Crippen molar-refractivity contribution in [3.8, 4) is 0 Å². The molecule has 0 N–H and O–H groups in total. The summed E-state index contributed by atoms with van der Waals surface area (Å²) in [6, 6.07) is 39.4. The quantitative estimate of drug-likeness (QED) is 0.125. The molecule has 0 amide bonds. The predicted molar refractivity (Wildman–Crippen MR) is 170 cm³/mol. The van der Waals surface area contributed by atoms with Gasteiger partial charge in [-0.15, -0.1) is 0 Å². The molecule has 5 radical (unpaired) electrons. The summed E-state index contributed by atoms with van der Waals surface area (Å²) < 4.78 is 1.98. The third kappa shape index (κ3) is 9.60. The van der Waals surface area contributed by atoms with E-state index in [1.54, 1.807) is 0 Å². The van der Waals surface area contributed by atoms with E-state index in [1.165, 1.54) is 19.4 Å². The topological polar surface area (TPSA) is 52.0 Å². The van der Waals surface area contributed by atoms with Gasteiger partial charge in [0.25, 0.3) is 0 Å². The van der Waals surface area contributed by atoms with E-state index in [2.05, 4.69) is 22.4 Å². The van der Waals surface area contributed by atoms with Crippen molar-refractivity contribution >= 4 is 40.7 Å². The molecule has 0 spiro atoms. The van der Waals surface area contributed by atoms with Crippen molar-refractivity contribution < 1.29 is 19.4 Å². The normalized spacial score (nSPS) is 12.8. The van der Waals surface area contributed by atoms with Crippen LogP contribution in [-0.2, 0) is 19.4 Å². The molecule has 0 saturated heterocycles. The molecule has 0 bridgehead atoms. The summed E-state index contributed by atoms with van der Waals surface area (Å²) >= 11 is 1.47. The van der Waals surface area contributed by atoms with E-state index in [9.17, 15) is 5.41 Å². The molecular formula is C33H31ClN4SiTi+. The number of anilines is 1. The van der Waals surface area contributed by atoms with Crippen molar-refractivity contribution in [2.24, 2.45) is 4.99 Å². The number of benzene rings is 4. The van der Waals surface area contributed by atoms with Crippen LogP contribution in [0.5, 0.6) is 0 Å². The van der Waals surface area contributed by atoms with Crippen molar-refractivity contribution in [2.75, 3.05) is 4.57 Å². The van der Waals surface area contributed by atoms with E-state index >= 15 is 0 Å². The van der Waals surface area contributed by atoms with E-state index in [1.807, 2.05) is 158 Å². The Labute approximate surface area is 256 Å². The summed E-state index contributed by atoms with van der Waals surface area (Å²) in [7, 11) is 1.96. The van der Waals surface area contributed by atoms with Gasteiger partial charge in [-0.2, -0.15) is 0 Å². The van der Waals surface area contributed by atoms with Crippen molar-refractivity contribution in [1.29, 1.82) is 0 Å². The molecule has 4 aromatic rings. The second-order valence-corrected chi connectivity index (χ2v) is 12.7. The standard InChI is InChI=1S/C28H26N4Si.C5H5.ClH.Ti/c1-33(2,31-28(24-17-9-4-10-18-24)30-25-19-11-5-12-20-25)32(26-21-13-6-14-22-26)27(29)23-15-7-3-8-16-23;1-2-4-5-3-1;;/h3-22H,1-2H3;1-5H;1H;/q-2;;;+4/p-1. The second kappa shape index (κ2) is 17.0. The van der Waals surface area contributed by atoms with Crippen LogP contribution in [0, 0.1) is 32.1 Å². The average molecular weight is 595 g/mol. The Bertz CT molecular complexity index is 1290. The second-order valence-electron chi connectivity index (χ2n) is 9.07. The zero-order valence-electron chi connectivity index (χ0n) is 22.6. The number of rotatable bonds is 6. The molecular weight excluding hydrogens is 564 g/mol. The van der Waals surface area contributed by atoms with Gasteiger partial charge < -0.3 is 19.9 Å². The number of hydrogen-bond acceptors (Lipinski definition) is 1. The molecule has 197 valence electrons. The van der Waals surface area contributed by atoms with Gasteiger partial charge in [0, 0.05) is 0 Å². The third-order valence-corrected chi connectivity index (χ3v) is 8.09. The van der Waals surface area contributed by atoms with Crippen LogP contribution in [0.2, 0.25) is 13.1 Å². The van der Waals surface area contributed by atoms with Gasteiger partial charge in [0.15, 0.2) is 0 Å². The van der Waals surface area contributed by atoms with Gasteiger partial charge >= 0.3 is 28.7 Å².